The lowest BCUT2D eigenvalue weighted by Gasteiger charge is -1.96. The van der Waals surface area contributed by atoms with Crippen molar-refractivity contribution in [1.29, 1.82) is 0 Å². The topological polar surface area (TPSA) is 29.1 Å². The Kier molecular flexibility index (Phi) is 5.36. The Morgan fingerprint density at radius 2 is 2.40 bits per heavy atom. The molecule has 0 bridgehead atoms. The van der Waals surface area contributed by atoms with E-state index >= 15 is 0 Å². The van der Waals surface area contributed by atoms with E-state index in [0.29, 0.717) is 6.54 Å². The van der Waals surface area contributed by atoms with E-state index < -0.39 is 0 Å². The maximum atomic E-state index is 11.3. The monoisotopic (exact) mass is 285 g/mol. The lowest BCUT2D eigenvalue weighted by atomic mass is 10.4. The molecule has 0 unspecified atom stereocenters. The van der Waals surface area contributed by atoms with Gasteiger partial charge in [-0.25, -0.2) is 0 Å². The Balaban J connectivity index is 2.37. The van der Waals surface area contributed by atoms with Crippen LogP contribution in [-0.2, 0) is 4.79 Å². The third kappa shape index (κ3) is 4.95. The van der Waals surface area contributed by atoms with Gasteiger partial charge in [-0.2, -0.15) is 0 Å². The maximum absolute atomic E-state index is 11.3. The number of rotatable bonds is 5. The van der Waals surface area contributed by atoms with Crippen molar-refractivity contribution >= 4 is 39.2 Å². The lowest BCUT2D eigenvalue weighted by molar-refractivity contribution is -0.116. The standard InChI is InChI=1S/C11H12BrNOS/c1-2-3-8-13-11(14)7-5-9-4-6-10(12)15-9/h2,4-7H,1,3,8H2,(H,13,14)/b7-5+. The Hall–Kier alpha value is -0.870. The van der Waals surface area contributed by atoms with Crippen LogP contribution in [0.5, 0.6) is 0 Å². The van der Waals surface area contributed by atoms with Gasteiger partial charge in [-0.3, -0.25) is 4.79 Å². The average Bonchev–Trinajstić information content (AvgIpc) is 2.62. The summed E-state index contributed by atoms with van der Waals surface area (Å²) in [4.78, 5) is 12.3. The van der Waals surface area contributed by atoms with Crippen molar-refractivity contribution < 1.29 is 4.79 Å². The van der Waals surface area contributed by atoms with E-state index in [-0.39, 0.29) is 5.91 Å². The van der Waals surface area contributed by atoms with Gasteiger partial charge in [-0.05, 0) is 40.6 Å². The second kappa shape index (κ2) is 6.58. The van der Waals surface area contributed by atoms with Gasteiger partial charge in [-0.1, -0.05) is 6.08 Å². The van der Waals surface area contributed by atoms with Crippen molar-refractivity contribution in [3.63, 3.8) is 0 Å². The zero-order valence-corrected chi connectivity index (χ0v) is 10.6. The molecule has 0 aromatic carbocycles. The van der Waals surface area contributed by atoms with Crippen molar-refractivity contribution in [2.45, 2.75) is 6.42 Å². The van der Waals surface area contributed by atoms with E-state index in [9.17, 15) is 4.79 Å². The molecule has 1 heterocycles. The zero-order valence-electron chi connectivity index (χ0n) is 8.20. The van der Waals surface area contributed by atoms with Crippen LogP contribution in [0.25, 0.3) is 6.08 Å². The van der Waals surface area contributed by atoms with Crippen LogP contribution in [-0.4, -0.2) is 12.5 Å². The summed E-state index contributed by atoms with van der Waals surface area (Å²) in [6, 6.07) is 3.92. The minimum Gasteiger partial charge on any atom is -0.352 e. The van der Waals surface area contributed by atoms with Crippen LogP contribution >= 0.6 is 27.3 Å². The number of carbonyl (C=O) groups excluding carboxylic acids is 1. The number of nitrogens with one attached hydrogen (secondary N) is 1. The molecule has 0 aliphatic rings. The van der Waals surface area contributed by atoms with Gasteiger partial charge in [0, 0.05) is 17.5 Å². The minimum atomic E-state index is -0.0682. The summed E-state index contributed by atoms with van der Waals surface area (Å²) in [6.07, 6.45) is 5.92. The molecule has 0 saturated heterocycles. The first-order valence-corrected chi connectivity index (χ1v) is 6.15. The largest absolute Gasteiger partial charge is 0.352 e. The molecule has 1 rings (SSSR count). The lowest BCUT2D eigenvalue weighted by Crippen LogP contribution is -2.21. The first-order chi connectivity index (χ1) is 7.22. The molecule has 0 aliphatic carbocycles. The van der Waals surface area contributed by atoms with Crippen LogP contribution in [0.4, 0.5) is 0 Å². The molecule has 0 radical (unpaired) electrons. The Morgan fingerprint density at radius 3 is 3.00 bits per heavy atom. The van der Waals surface area contributed by atoms with E-state index in [1.54, 1.807) is 29.6 Å². The summed E-state index contributed by atoms with van der Waals surface area (Å²) >= 11 is 4.96. The molecule has 0 saturated carbocycles. The molecule has 15 heavy (non-hydrogen) atoms. The van der Waals surface area contributed by atoms with Crippen LogP contribution in [0.2, 0.25) is 0 Å². The highest BCUT2D eigenvalue weighted by Crippen LogP contribution is 2.22. The number of hydrogen-bond donors (Lipinski definition) is 1. The fourth-order valence-corrected chi connectivity index (χ4v) is 2.26. The van der Waals surface area contributed by atoms with Crippen LogP contribution in [0, 0.1) is 0 Å². The molecule has 80 valence electrons. The van der Waals surface area contributed by atoms with Crippen molar-refractivity contribution in [3.8, 4) is 0 Å². The highest BCUT2D eigenvalue weighted by Gasteiger charge is 1.95. The number of carbonyl (C=O) groups is 1. The average molecular weight is 286 g/mol. The van der Waals surface area contributed by atoms with E-state index in [4.69, 9.17) is 0 Å². The molecular weight excluding hydrogens is 274 g/mol. The minimum absolute atomic E-state index is 0.0682. The van der Waals surface area contributed by atoms with Crippen LogP contribution in [0.3, 0.4) is 0 Å². The summed E-state index contributed by atoms with van der Waals surface area (Å²) < 4.78 is 1.06. The molecule has 0 spiro atoms. The predicted molar refractivity (Wildman–Crippen MR) is 68.9 cm³/mol. The fraction of sp³-hybridized carbons (Fsp3) is 0.182. The Bertz CT molecular complexity index is 370. The molecule has 1 N–H and O–H groups in total. The first kappa shape index (κ1) is 12.2. The van der Waals surface area contributed by atoms with Crippen molar-refractivity contribution in [1.82, 2.24) is 5.32 Å². The van der Waals surface area contributed by atoms with Gasteiger partial charge in [0.2, 0.25) is 5.91 Å². The number of amides is 1. The molecule has 4 heteroatoms. The van der Waals surface area contributed by atoms with Crippen molar-refractivity contribution in [3.05, 3.63) is 39.5 Å². The Labute approximate surface area is 102 Å². The third-order valence-corrected chi connectivity index (χ3v) is 3.23. The van der Waals surface area contributed by atoms with E-state index in [2.05, 4.69) is 27.8 Å². The van der Waals surface area contributed by atoms with Gasteiger partial charge in [-0.15, -0.1) is 17.9 Å². The summed E-state index contributed by atoms with van der Waals surface area (Å²) in [5.74, 6) is -0.0682. The van der Waals surface area contributed by atoms with Crippen molar-refractivity contribution in [2.24, 2.45) is 0 Å². The van der Waals surface area contributed by atoms with Crippen LogP contribution in [0.15, 0.2) is 34.7 Å². The van der Waals surface area contributed by atoms with Gasteiger partial charge in [0.05, 0.1) is 3.79 Å². The SMILES string of the molecule is C=CCCNC(=O)/C=C/c1ccc(Br)s1. The van der Waals surface area contributed by atoms with Gasteiger partial charge in [0.15, 0.2) is 0 Å². The van der Waals surface area contributed by atoms with E-state index in [1.807, 2.05) is 12.1 Å². The maximum Gasteiger partial charge on any atom is 0.244 e. The number of hydrogen-bond acceptors (Lipinski definition) is 2. The normalized spacial score (nSPS) is 10.5. The highest BCUT2D eigenvalue weighted by atomic mass is 79.9. The molecule has 0 aliphatic heterocycles. The summed E-state index contributed by atoms with van der Waals surface area (Å²) in [5.41, 5.74) is 0. The van der Waals surface area contributed by atoms with Crippen molar-refractivity contribution in [2.75, 3.05) is 6.54 Å². The van der Waals surface area contributed by atoms with Gasteiger partial charge in [0.25, 0.3) is 0 Å². The molecule has 1 aromatic rings. The fourth-order valence-electron chi connectivity index (χ4n) is 0.932. The van der Waals surface area contributed by atoms with Crippen LogP contribution in [0.1, 0.15) is 11.3 Å². The summed E-state index contributed by atoms with van der Waals surface area (Å²) in [7, 11) is 0. The Morgan fingerprint density at radius 1 is 1.60 bits per heavy atom. The summed E-state index contributed by atoms with van der Waals surface area (Å²) in [6.45, 7) is 4.22. The number of halogens is 1. The molecule has 1 amide bonds. The second-order valence-electron chi connectivity index (χ2n) is 2.84. The van der Waals surface area contributed by atoms with Gasteiger partial charge < -0.3 is 5.32 Å². The second-order valence-corrected chi connectivity index (χ2v) is 5.34. The third-order valence-electron chi connectivity index (χ3n) is 1.64. The molecule has 2 nitrogen and oxygen atoms in total. The van der Waals surface area contributed by atoms with E-state index in [0.717, 1.165) is 15.1 Å². The predicted octanol–water partition coefficient (Wildman–Crippen LogP) is 3.22. The van der Waals surface area contributed by atoms with Gasteiger partial charge >= 0.3 is 0 Å². The molecular formula is C11H12BrNOS. The highest BCUT2D eigenvalue weighted by molar-refractivity contribution is 9.11. The molecule has 0 fully saturated rings. The smallest absolute Gasteiger partial charge is 0.244 e. The molecule has 1 aromatic heterocycles. The number of thiophene rings is 1. The van der Waals surface area contributed by atoms with Gasteiger partial charge in [0.1, 0.15) is 0 Å². The summed E-state index contributed by atoms with van der Waals surface area (Å²) in [5, 5.41) is 2.76. The first-order valence-electron chi connectivity index (χ1n) is 4.54. The zero-order chi connectivity index (χ0) is 11.1. The van der Waals surface area contributed by atoms with E-state index in [1.165, 1.54) is 0 Å². The van der Waals surface area contributed by atoms with Crippen LogP contribution < -0.4 is 5.32 Å². The molecule has 0 atom stereocenters. The quantitative estimate of drug-likeness (QED) is 0.502.